The Kier molecular flexibility index (Phi) is 3.02. The van der Waals surface area contributed by atoms with Crippen molar-refractivity contribution in [2.24, 2.45) is 11.7 Å². The van der Waals surface area contributed by atoms with E-state index < -0.39 is 0 Å². The normalized spacial score (nSPS) is 22.4. The first-order valence-electron chi connectivity index (χ1n) is 6.59. The summed E-state index contributed by atoms with van der Waals surface area (Å²) in [6.07, 6.45) is 3.21. The molecule has 1 aromatic carbocycles. The first-order chi connectivity index (χ1) is 9.58. The van der Waals surface area contributed by atoms with E-state index in [2.05, 4.69) is 16.8 Å². The maximum atomic E-state index is 11.1. The average molecular weight is 272 g/mol. The number of anilines is 1. The summed E-state index contributed by atoms with van der Waals surface area (Å²) in [4.78, 5) is 16.9. The van der Waals surface area contributed by atoms with Crippen molar-refractivity contribution in [1.82, 2.24) is 4.98 Å². The molecule has 0 amide bonds. The second kappa shape index (κ2) is 4.72. The number of nitro benzene ring substituents is 1. The summed E-state index contributed by atoms with van der Waals surface area (Å²) >= 11 is 0. The van der Waals surface area contributed by atoms with Crippen LogP contribution in [0.5, 0.6) is 0 Å². The molecule has 2 unspecified atom stereocenters. The Morgan fingerprint density at radius 1 is 1.35 bits per heavy atom. The van der Waals surface area contributed by atoms with E-state index in [1.54, 1.807) is 18.5 Å². The van der Waals surface area contributed by atoms with Gasteiger partial charge in [-0.05, 0) is 18.1 Å². The van der Waals surface area contributed by atoms with Gasteiger partial charge in [0.2, 0.25) is 0 Å². The Hall–Kier alpha value is -2.21. The molecule has 0 spiro atoms. The average Bonchev–Trinajstić information content (AvgIpc) is 2.77. The minimum Gasteiger partial charge on any atom is -0.369 e. The number of hydrogen-bond donors (Lipinski definition) is 1. The predicted octanol–water partition coefficient (Wildman–Crippen LogP) is 1.93. The van der Waals surface area contributed by atoms with Gasteiger partial charge in [-0.25, -0.2) is 0 Å². The number of nitrogens with zero attached hydrogens (tertiary/aromatic N) is 3. The van der Waals surface area contributed by atoms with E-state index in [1.807, 2.05) is 12.1 Å². The molecule has 1 fully saturated rings. The van der Waals surface area contributed by atoms with Crippen molar-refractivity contribution in [3.05, 3.63) is 40.7 Å². The molecule has 0 radical (unpaired) electrons. The summed E-state index contributed by atoms with van der Waals surface area (Å²) in [5.41, 5.74) is 7.15. The van der Waals surface area contributed by atoms with Crippen molar-refractivity contribution >= 4 is 22.1 Å². The minimum atomic E-state index is -0.369. The molecule has 1 aliphatic heterocycles. The van der Waals surface area contributed by atoms with E-state index in [9.17, 15) is 10.1 Å². The number of non-ortho nitro benzene ring substituents is 1. The van der Waals surface area contributed by atoms with Crippen molar-refractivity contribution < 1.29 is 4.92 Å². The van der Waals surface area contributed by atoms with Gasteiger partial charge in [0.25, 0.3) is 5.69 Å². The van der Waals surface area contributed by atoms with Gasteiger partial charge in [-0.3, -0.25) is 15.1 Å². The largest absolute Gasteiger partial charge is 0.369 e. The Bertz CT molecular complexity index is 663. The van der Waals surface area contributed by atoms with Crippen LogP contribution in [0.15, 0.2) is 30.6 Å². The number of aromatic nitrogens is 1. The highest BCUT2D eigenvalue weighted by atomic mass is 16.6. The SMILES string of the molecule is CC1CN(c2ccc([N+](=O)[O-])c3cnccc23)CC1N. The smallest absolute Gasteiger partial charge is 0.278 e. The van der Waals surface area contributed by atoms with Gasteiger partial charge in [-0.2, -0.15) is 0 Å². The van der Waals surface area contributed by atoms with Gasteiger partial charge in [0.05, 0.1) is 10.3 Å². The molecule has 6 heteroatoms. The van der Waals surface area contributed by atoms with Crippen LogP contribution >= 0.6 is 0 Å². The summed E-state index contributed by atoms with van der Waals surface area (Å²) in [6.45, 7) is 3.77. The Morgan fingerprint density at radius 3 is 2.80 bits per heavy atom. The van der Waals surface area contributed by atoms with Crippen LogP contribution < -0.4 is 10.6 Å². The van der Waals surface area contributed by atoms with E-state index in [1.165, 1.54) is 0 Å². The van der Waals surface area contributed by atoms with Crippen LogP contribution in [0.2, 0.25) is 0 Å². The minimum absolute atomic E-state index is 0.0911. The zero-order chi connectivity index (χ0) is 14.3. The van der Waals surface area contributed by atoms with E-state index in [0.717, 1.165) is 24.2 Å². The Morgan fingerprint density at radius 2 is 2.15 bits per heavy atom. The van der Waals surface area contributed by atoms with Crippen LogP contribution in [0.25, 0.3) is 10.8 Å². The number of rotatable bonds is 2. The lowest BCUT2D eigenvalue weighted by molar-refractivity contribution is -0.383. The van der Waals surface area contributed by atoms with Gasteiger partial charge in [0.1, 0.15) is 0 Å². The lowest BCUT2D eigenvalue weighted by Crippen LogP contribution is -2.28. The highest BCUT2D eigenvalue weighted by Gasteiger charge is 2.28. The van der Waals surface area contributed by atoms with Crippen molar-refractivity contribution in [2.45, 2.75) is 13.0 Å². The van der Waals surface area contributed by atoms with Crippen LogP contribution in [-0.2, 0) is 0 Å². The summed E-state index contributed by atoms with van der Waals surface area (Å²) in [6, 6.07) is 5.33. The lowest BCUT2D eigenvalue weighted by Gasteiger charge is -2.20. The molecule has 3 rings (SSSR count). The second-order valence-corrected chi connectivity index (χ2v) is 5.33. The predicted molar refractivity (Wildman–Crippen MR) is 77.7 cm³/mol. The van der Waals surface area contributed by atoms with Crippen molar-refractivity contribution in [2.75, 3.05) is 18.0 Å². The molecule has 1 aliphatic rings. The molecule has 0 saturated carbocycles. The van der Waals surface area contributed by atoms with Gasteiger partial charge in [0.15, 0.2) is 0 Å². The van der Waals surface area contributed by atoms with Crippen molar-refractivity contribution in [3.63, 3.8) is 0 Å². The van der Waals surface area contributed by atoms with E-state index >= 15 is 0 Å². The topological polar surface area (TPSA) is 85.3 Å². The van der Waals surface area contributed by atoms with Crippen LogP contribution in [-0.4, -0.2) is 29.0 Å². The number of pyridine rings is 1. The van der Waals surface area contributed by atoms with Crippen LogP contribution in [0.3, 0.4) is 0 Å². The van der Waals surface area contributed by atoms with E-state index in [0.29, 0.717) is 11.3 Å². The number of benzene rings is 1. The van der Waals surface area contributed by atoms with Crippen molar-refractivity contribution in [3.8, 4) is 0 Å². The molecule has 1 saturated heterocycles. The van der Waals surface area contributed by atoms with Gasteiger partial charge in [-0.1, -0.05) is 6.92 Å². The molecular weight excluding hydrogens is 256 g/mol. The Labute approximate surface area is 116 Å². The first-order valence-corrected chi connectivity index (χ1v) is 6.59. The fourth-order valence-corrected chi connectivity index (χ4v) is 2.78. The monoisotopic (exact) mass is 272 g/mol. The molecule has 20 heavy (non-hydrogen) atoms. The standard InChI is InChI=1S/C14H16N4O2/c1-9-7-17(8-12(9)15)13-2-3-14(18(19)20)11-6-16-5-4-10(11)13/h2-6,9,12H,7-8,15H2,1H3. The third-order valence-electron chi connectivity index (χ3n) is 3.98. The molecule has 6 nitrogen and oxygen atoms in total. The summed E-state index contributed by atoms with van der Waals surface area (Å²) in [7, 11) is 0. The summed E-state index contributed by atoms with van der Waals surface area (Å²) in [5, 5.41) is 12.5. The number of fused-ring (bicyclic) bond motifs is 1. The zero-order valence-corrected chi connectivity index (χ0v) is 11.2. The molecule has 2 atom stereocenters. The maximum Gasteiger partial charge on any atom is 0.278 e. The lowest BCUT2D eigenvalue weighted by atomic mass is 10.1. The molecule has 2 aromatic rings. The second-order valence-electron chi connectivity index (χ2n) is 5.33. The molecule has 2 heterocycles. The fraction of sp³-hybridized carbons (Fsp3) is 0.357. The number of nitrogens with two attached hydrogens (primary N) is 1. The quantitative estimate of drug-likeness (QED) is 0.667. The highest BCUT2D eigenvalue weighted by molar-refractivity contribution is 5.99. The molecule has 1 aromatic heterocycles. The van der Waals surface area contributed by atoms with Gasteiger partial charge in [0, 0.05) is 48.7 Å². The van der Waals surface area contributed by atoms with Gasteiger partial charge < -0.3 is 10.6 Å². The van der Waals surface area contributed by atoms with Gasteiger partial charge >= 0.3 is 0 Å². The highest BCUT2D eigenvalue weighted by Crippen LogP contribution is 2.34. The number of nitro groups is 1. The number of hydrogen-bond acceptors (Lipinski definition) is 5. The summed E-state index contributed by atoms with van der Waals surface area (Å²) in [5.74, 6) is 0.419. The Balaban J connectivity index is 2.14. The van der Waals surface area contributed by atoms with E-state index in [4.69, 9.17) is 5.73 Å². The summed E-state index contributed by atoms with van der Waals surface area (Å²) < 4.78 is 0. The third-order valence-corrected chi connectivity index (χ3v) is 3.98. The maximum absolute atomic E-state index is 11.1. The molecule has 0 aliphatic carbocycles. The fourth-order valence-electron chi connectivity index (χ4n) is 2.78. The van der Waals surface area contributed by atoms with Crippen molar-refractivity contribution in [1.29, 1.82) is 0 Å². The van der Waals surface area contributed by atoms with Crippen LogP contribution in [0.1, 0.15) is 6.92 Å². The molecule has 0 bridgehead atoms. The molecule has 104 valence electrons. The zero-order valence-electron chi connectivity index (χ0n) is 11.2. The first kappa shape index (κ1) is 12.8. The van der Waals surface area contributed by atoms with Gasteiger partial charge in [-0.15, -0.1) is 0 Å². The van der Waals surface area contributed by atoms with E-state index in [-0.39, 0.29) is 16.7 Å². The van der Waals surface area contributed by atoms with Crippen LogP contribution in [0.4, 0.5) is 11.4 Å². The molecule has 2 N–H and O–H groups in total. The third kappa shape index (κ3) is 1.98. The van der Waals surface area contributed by atoms with Crippen LogP contribution in [0, 0.1) is 16.0 Å². The molecular formula is C14H16N4O2.